The molecule has 2 atom stereocenters. The summed E-state index contributed by atoms with van der Waals surface area (Å²) in [5.74, 6) is -2.08. The second kappa shape index (κ2) is 9.94. The monoisotopic (exact) mass is 509 g/mol. The van der Waals surface area contributed by atoms with Crippen molar-refractivity contribution in [2.75, 3.05) is 26.2 Å². The van der Waals surface area contributed by atoms with Crippen LogP contribution in [0.25, 0.3) is 0 Å². The second-order valence-corrected chi connectivity index (χ2v) is 8.72. The molecule has 192 valence electrons. The number of nitrogens with zero attached hydrogens (tertiary/aromatic N) is 5. The van der Waals surface area contributed by atoms with Gasteiger partial charge in [0.05, 0.1) is 12.1 Å². The summed E-state index contributed by atoms with van der Waals surface area (Å²) in [5, 5.41) is 15.7. The normalized spacial score (nSPS) is 17.6. The first-order chi connectivity index (χ1) is 17.0. The minimum atomic E-state index is -4.49. The summed E-state index contributed by atoms with van der Waals surface area (Å²) < 4.78 is 68.1. The van der Waals surface area contributed by atoms with E-state index in [9.17, 15) is 31.9 Å². The van der Waals surface area contributed by atoms with E-state index >= 15 is 0 Å². The smallest absolute Gasteiger partial charge is 0.381 e. The number of aromatic nitrogens is 3. The number of alkyl halides is 3. The molecule has 1 fully saturated rings. The van der Waals surface area contributed by atoms with Crippen LogP contribution in [0.2, 0.25) is 0 Å². The third-order valence-corrected chi connectivity index (χ3v) is 6.57. The van der Waals surface area contributed by atoms with Gasteiger partial charge in [0.25, 0.3) is 5.91 Å². The number of carbonyl (C=O) groups is 1. The van der Waals surface area contributed by atoms with Crippen molar-refractivity contribution in [3.05, 3.63) is 83.4 Å². The van der Waals surface area contributed by atoms with Gasteiger partial charge in [0.2, 0.25) is 0 Å². The predicted octanol–water partition coefficient (Wildman–Crippen LogP) is 3.31. The Balaban J connectivity index is 1.49. The molecule has 36 heavy (non-hydrogen) atoms. The number of aliphatic hydroxyl groups is 1. The first kappa shape index (κ1) is 25.7. The van der Waals surface area contributed by atoms with Crippen LogP contribution in [0.5, 0.6) is 0 Å². The fraction of sp³-hybridized carbons (Fsp3) is 0.375. The molecule has 1 N–H and O–H groups in total. The highest BCUT2D eigenvalue weighted by Crippen LogP contribution is 2.33. The van der Waals surface area contributed by atoms with Gasteiger partial charge >= 0.3 is 6.18 Å². The fourth-order valence-corrected chi connectivity index (χ4v) is 4.44. The van der Waals surface area contributed by atoms with Crippen LogP contribution in [0.4, 0.5) is 22.0 Å². The quantitative estimate of drug-likeness (QED) is 0.517. The highest BCUT2D eigenvalue weighted by molar-refractivity contribution is 5.94. The van der Waals surface area contributed by atoms with Gasteiger partial charge in [-0.3, -0.25) is 9.69 Å². The Morgan fingerprint density at radius 2 is 1.72 bits per heavy atom. The molecule has 4 rings (SSSR count). The van der Waals surface area contributed by atoms with E-state index in [2.05, 4.69) is 10.1 Å². The van der Waals surface area contributed by atoms with Crippen LogP contribution in [0, 0.1) is 11.6 Å². The number of amides is 1. The Morgan fingerprint density at radius 1 is 1.06 bits per heavy atom. The third-order valence-electron chi connectivity index (χ3n) is 6.57. The molecule has 1 aliphatic heterocycles. The lowest BCUT2D eigenvalue weighted by Crippen LogP contribution is -2.58. The minimum absolute atomic E-state index is 0.102. The van der Waals surface area contributed by atoms with Crippen molar-refractivity contribution in [1.29, 1.82) is 0 Å². The number of halogens is 5. The average molecular weight is 509 g/mol. The van der Waals surface area contributed by atoms with E-state index < -0.39 is 40.9 Å². The van der Waals surface area contributed by atoms with E-state index in [0.717, 1.165) is 30.3 Å². The van der Waals surface area contributed by atoms with Crippen molar-refractivity contribution < 1.29 is 31.9 Å². The fourth-order valence-electron chi connectivity index (χ4n) is 4.44. The number of carbonyl (C=O) groups excluding carboxylic acids is 1. The van der Waals surface area contributed by atoms with Gasteiger partial charge in [0.15, 0.2) is 0 Å². The van der Waals surface area contributed by atoms with E-state index in [1.54, 1.807) is 6.92 Å². The van der Waals surface area contributed by atoms with Crippen molar-refractivity contribution >= 4 is 5.91 Å². The first-order valence-electron chi connectivity index (χ1n) is 11.2. The van der Waals surface area contributed by atoms with Crippen molar-refractivity contribution in [2.45, 2.75) is 31.3 Å². The molecule has 1 amide bonds. The minimum Gasteiger partial charge on any atom is -0.381 e. The van der Waals surface area contributed by atoms with Crippen LogP contribution in [-0.4, -0.2) is 67.8 Å². The molecule has 0 aliphatic carbocycles. The van der Waals surface area contributed by atoms with Crippen LogP contribution in [0.15, 0.2) is 55.1 Å². The first-order valence-corrected chi connectivity index (χ1v) is 11.2. The van der Waals surface area contributed by atoms with Gasteiger partial charge in [0, 0.05) is 49.4 Å². The SMILES string of the molecule is C[C@@H](N1CCN(C(=O)c2ccc(C(F)(F)F)cc2)CC1)[C@](O)(Cn1cncn1)c1ccc(F)cc1F. The number of hydrogen-bond acceptors (Lipinski definition) is 5. The van der Waals surface area contributed by atoms with Crippen molar-refractivity contribution in [3.8, 4) is 0 Å². The highest BCUT2D eigenvalue weighted by atomic mass is 19.4. The standard InChI is InChI=1S/C24H24F5N5O2/c1-16(23(36,13-34-15-30-14-31-34)20-7-6-19(25)12-21(20)26)32-8-10-33(11-9-32)22(35)17-2-4-18(5-3-17)24(27,28)29/h2-7,12,14-16,36H,8-11,13H2,1H3/t16-,23-/m1/s1. The van der Waals surface area contributed by atoms with Crippen LogP contribution < -0.4 is 0 Å². The summed E-state index contributed by atoms with van der Waals surface area (Å²) >= 11 is 0. The molecular weight excluding hydrogens is 485 g/mol. The van der Waals surface area contributed by atoms with Gasteiger partial charge in [-0.05, 0) is 37.3 Å². The van der Waals surface area contributed by atoms with E-state index in [1.165, 1.54) is 28.3 Å². The molecule has 0 spiro atoms. The van der Waals surface area contributed by atoms with Crippen molar-refractivity contribution in [1.82, 2.24) is 24.6 Å². The summed E-state index contributed by atoms with van der Waals surface area (Å²) in [7, 11) is 0. The molecule has 1 aromatic heterocycles. The molecular formula is C24H24F5N5O2. The highest BCUT2D eigenvalue weighted by Gasteiger charge is 2.43. The van der Waals surface area contributed by atoms with Gasteiger partial charge < -0.3 is 10.0 Å². The molecule has 2 aromatic carbocycles. The molecule has 0 saturated carbocycles. The molecule has 1 saturated heterocycles. The largest absolute Gasteiger partial charge is 0.416 e. The summed E-state index contributed by atoms with van der Waals surface area (Å²) in [5.41, 5.74) is -2.61. The number of piperazine rings is 1. The van der Waals surface area contributed by atoms with Crippen LogP contribution in [0.3, 0.4) is 0 Å². The summed E-state index contributed by atoms with van der Waals surface area (Å²) in [4.78, 5) is 20.1. The topological polar surface area (TPSA) is 74.5 Å². The van der Waals surface area contributed by atoms with E-state index in [1.807, 2.05) is 4.90 Å². The van der Waals surface area contributed by atoms with E-state index in [4.69, 9.17) is 0 Å². The van der Waals surface area contributed by atoms with Gasteiger partial charge in [-0.25, -0.2) is 18.4 Å². The summed E-state index contributed by atoms with van der Waals surface area (Å²) in [6, 6.07) is 6.32. The zero-order chi connectivity index (χ0) is 26.1. The van der Waals surface area contributed by atoms with Crippen LogP contribution >= 0.6 is 0 Å². The molecule has 1 aliphatic rings. The summed E-state index contributed by atoms with van der Waals surface area (Å²) in [6.07, 6.45) is -1.84. The number of benzene rings is 2. The Hall–Kier alpha value is -3.38. The van der Waals surface area contributed by atoms with E-state index in [-0.39, 0.29) is 30.8 Å². The average Bonchev–Trinajstić information content (AvgIpc) is 3.35. The van der Waals surface area contributed by atoms with Crippen LogP contribution in [-0.2, 0) is 18.3 Å². The Bertz CT molecular complexity index is 1190. The lowest BCUT2D eigenvalue weighted by Gasteiger charge is -2.45. The predicted molar refractivity (Wildman–Crippen MR) is 119 cm³/mol. The summed E-state index contributed by atoms with van der Waals surface area (Å²) in [6.45, 7) is 2.67. The molecule has 0 unspecified atom stereocenters. The molecule has 3 aromatic rings. The molecule has 12 heteroatoms. The zero-order valence-electron chi connectivity index (χ0n) is 19.3. The molecule has 0 bridgehead atoms. The number of hydrogen-bond donors (Lipinski definition) is 1. The van der Waals surface area contributed by atoms with Gasteiger partial charge in [-0.1, -0.05) is 6.07 Å². The molecule has 0 radical (unpaired) electrons. The Morgan fingerprint density at radius 3 is 2.28 bits per heavy atom. The Kier molecular flexibility index (Phi) is 7.10. The van der Waals surface area contributed by atoms with Gasteiger partial charge in [0.1, 0.15) is 29.9 Å². The third kappa shape index (κ3) is 5.24. The van der Waals surface area contributed by atoms with Crippen molar-refractivity contribution in [2.24, 2.45) is 0 Å². The Labute approximate surface area is 203 Å². The second-order valence-electron chi connectivity index (χ2n) is 8.72. The molecule has 2 heterocycles. The maximum atomic E-state index is 14.8. The lowest BCUT2D eigenvalue weighted by atomic mass is 9.85. The van der Waals surface area contributed by atoms with Gasteiger partial charge in [-0.2, -0.15) is 18.3 Å². The maximum absolute atomic E-state index is 14.8. The van der Waals surface area contributed by atoms with E-state index in [0.29, 0.717) is 19.2 Å². The maximum Gasteiger partial charge on any atom is 0.416 e. The van der Waals surface area contributed by atoms with Crippen molar-refractivity contribution in [3.63, 3.8) is 0 Å². The van der Waals surface area contributed by atoms with Gasteiger partial charge in [-0.15, -0.1) is 0 Å². The molecule has 7 nitrogen and oxygen atoms in total. The van der Waals surface area contributed by atoms with Crippen LogP contribution in [0.1, 0.15) is 28.4 Å². The zero-order valence-corrected chi connectivity index (χ0v) is 19.3. The lowest BCUT2D eigenvalue weighted by molar-refractivity contribution is -0.137. The number of rotatable bonds is 6.